The number of rotatable bonds is 6. The third-order valence-corrected chi connectivity index (χ3v) is 3.24. The Kier molecular flexibility index (Phi) is 5.77. The summed E-state index contributed by atoms with van der Waals surface area (Å²) in [4.78, 5) is 13.9. The van der Waals surface area contributed by atoms with Crippen LogP contribution in [0.2, 0.25) is 0 Å². The zero-order valence-electron chi connectivity index (χ0n) is 10.8. The maximum atomic E-state index is 11.4. The summed E-state index contributed by atoms with van der Waals surface area (Å²) >= 11 is 0. The Hall–Kier alpha value is -0.610. The monoisotopic (exact) mass is 227 g/mol. The van der Waals surface area contributed by atoms with Gasteiger partial charge < -0.3 is 15.5 Å². The molecule has 4 nitrogen and oxygen atoms in total. The van der Waals surface area contributed by atoms with E-state index in [1.54, 1.807) is 0 Å². The molecule has 4 heteroatoms. The molecule has 0 aromatic heterocycles. The third kappa shape index (κ3) is 4.49. The van der Waals surface area contributed by atoms with E-state index in [1.807, 2.05) is 7.05 Å². The highest BCUT2D eigenvalue weighted by Crippen LogP contribution is 2.17. The predicted molar refractivity (Wildman–Crippen MR) is 66.4 cm³/mol. The SMILES string of the molecule is CNCCC(=O)NCC1CCN(C(C)C)C1. The molecule has 0 bridgehead atoms. The summed E-state index contributed by atoms with van der Waals surface area (Å²) in [6, 6.07) is 0.630. The van der Waals surface area contributed by atoms with Crippen molar-refractivity contribution in [3.63, 3.8) is 0 Å². The highest BCUT2D eigenvalue weighted by molar-refractivity contribution is 5.76. The quantitative estimate of drug-likeness (QED) is 0.692. The molecule has 0 aromatic carbocycles. The fourth-order valence-electron chi connectivity index (χ4n) is 2.08. The van der Waals surface area contributed by atoms with E-state index in [0.29, 0.717) is 18.4 Å². The first-order chi connectivity index (χ1) is 7.63. The molecular formula is C12H25N3O. The van der Waals surface area contributed by atoms with Gasteiger partial charge in [0, 0.05) is 32.1 Å². The van der Waals surface area contributed by atoms with Gasteiger partial charge in [0.25, 0.3) is 0 Å². The third-order valence-electron chi connectivity index (χ3n) is 3.24. The van der Waals surface area contributed by atoms with E-state index in [0.717, 1.165) is 19.6 Å². The Labute approximate surface area is 98.8 Å². The molecule has 1 rings (SSSR count). The van der Waals surface area contributed by atoms with E-state index >= 15 is 0 Å². The second-order valence-corrected chi connectivity index (χ2v) is 4.90. The average molecular weight is 227 g/mol. The lowest BCUT2D eigenvalue weighted by Gasteiger charge is -2.20. The van der Waals surface area contributed by atoms with Gasteiger partial charge in [-0.15, -0.1) is 0 Å². The van der Waals surface area contributed by atoms with Crippen molar-refractivity contribution in [3.8, 4) is 0 Å². The molecule has 1 saturated heterocycles. The van der Waals surface area contributed by atoms with Crippen LogP contribution in [0.4, 0.5) is 0 Å². The summed E-state index contributed by atoms with van der Waals surface area (Å²) < 4.78 is 0. The Balaban J connectivity index is 2.12. The lowest BCUT2D eigenvalue weighted by Crippen LogP contribution is -2.33. The minimum Gasteiger partial charge on any atom is -0.356 e. The van der Waals surface area contributed by atoms with E-state index in [1.165, 1.54) is 13.0 Å². The molecule has 0 aromatic rings. The van der Waals surface area contributed by atoms with Crippen molar-refractivity contribution in [2.45, 2.75) is 32.7 Å². The van der Waals surface area contributed by atoms with E-state index in [2.05, 4.69) is 29.4 Å². The van der Waals surface area contributed by atoms with Gasteiger partial charge in [0.05, 0.1) is 0 Å². The van der Waals surface area contributed by atoms with E-state index in [4.69, 9.17) is 0 Å². The van der Waals surface area contributed by atoms with E-state index in [9.17, 15) is 4.79 Å². The van der Waals surface area contributed by atoms with Crippen LogP contribution in [0.15, 0.2) is 0 Å². The van der Waals surface area contributed by atoms with Gasteiger partial charge in [-0.2, -0.15) is 0 Å². The van der Waals surface area contributed by atoms with Gasteiger partial charge in [-0.25, -0.2) is 0 Å². The van der Waals surface area contributed by atoms with Crippen molar-refractivity contribution in [1.29, 1.82) is 0 Å². The Bertz CT molecular complexity index is 218. The molecule has 1 heterocycles. The summed E-state index contributed by atoms with van der Waals surface area (Å²) in [6.07, 6.45) is 1.79. The van der Waals surface area contributed by atoms with Gasteiger partial charge in [-0.1, -0.05) is 0 Å². The molecule has 2 N–H and O–H groups in total. The summed E-state index contributed by atoms with van der Waals surface area (Å²) in [5.74, 6) is 0.804. The molecule has 0 radical (unpaired) electrons. The van der Waals surface area contributed by atoms with E-state index in [-0.39, 0.29) is 5.91 Å². The average Bonchev–Trinajstić information content (AvgIpc) is 2.72. The molecular weight excluding hydrogens is 202 g/mol. The van der Waals surface area contributed by atoms with Crippen LogP contribution < -0.4 is 10.6 Å². The molecule has 1 aliphatic heterocycles. The van der Waals surface area contributed by atoms with Crippen molar-refractivity contribution in [2.24, 2.45) is 5.92 Å². The van der Waals surface area contributed by atoms with Crippen LogP contribution in [0.3, 0.4) is 0 Å². The van der Waals surface area contributed by atoms with Crippen molar-refractivity contribution in [3.05, 3.63) is 0 Å². The minimum absolute atomic E-state index is 0.164. The second kappa shape index (κ2) is 6.86. The number of likely N-dealkylation sites (tertiary alicyclic amines) is 1. The maximum Gasteiger partial charge on any atom is 0.221 e. The molecule has 1 fully saturated rings. The first kappa shape index (κ1) is 13.5. The van der Waals surface area contributed by atoms with Crippen molar-refractivity contribution >= 4 is 5.91 Å². The van der Waals surface area contributed by atoms with Gasteiger partial charge >= 0.3 is 0 Å². The van der Waals surface area contributed by atoms with Crippen molar-refractivity contribution in [1.82, 2.24) is 15.5 Å². The predicted octanol–water partition coefficient (Wildman–Crippen LogP) is 0.442. The van der Waals surface area contributed by atoms with Crippen LogP contribution in [0.5, 0.6) is 0 Å². The minimum atomic E-state index is 0.164. The van der Waals surface area contributed by atoms with Crippen LogP contribution in [-0.4, -0.2) is 50.1 Å². The summed E-state index contributed by atoms with van der Waals surface area (Å²) in [5, 5.41) is 5.99. The number of amides is 1. The number of hydrogen-bond donors (Lipinski definition) is 2. The number of hydrogen-bond acceptors (Lipinski definition) is 3. The molecule has 1 unspecified atom stereocenters. The lowest BCUT2D eigenvalue weighted by molar-refractivity contribution is -0.121. The molecule has 94 valence electrons. The second-order valence-electron chi connectivity index (χ2n) is 4.90. The molecule has 0 saturated carbocycles. The summed E-state index contributed by atoms with van der Waals surface area (Å²) in [6.45, 7) is 8.36. The number of nitrogens with one attached hydrogen (secondary N) is 2. The van der Waals surface area contributed by atoms with E-state index < -0.39 is 0 Å². The lowest BCUT2D eigenvalue weighted by atomic mass is 10.1. The smallest absolute Gasteiger partial charge is 0.221 e. The Morgan fingerprint density at radius 2 is 2.25 bits per heavy atom. The van der Waals surface area contributed by atoms with Gasteiger partial charge in [-0.05, 0) is 39.8 Å². The number of nitrogens with zero attached hydrogens (tertiary/aromatic N) is 1. The fourth-order valence-corrected chi connectivity index (χ4v) is 2.08. The molecule has 16 heavy (non-hydrogen) atoms. The first-order valence-electron chi connectivity index (χ1n) is 6.28. The summed E-state index contributed by atoms with van der Waals surface area (Å²) in [7, 11) is 1.87. The topological polar surface area (TPSA) is 44.4 Å². The number of carbonyl (C=O) groups excluding carboxylic acids is 1. The highest BCUT2D eigenvalue weighted by Gasteiger charge is 2.24. The van der Waals surface area contributed by atoms with Crippen LogP contribution in [0.25, 0.3) is 0 Å². The molecule has 0 spiro atoms. The van der Waals surface area contributed by atoms with Crippen LogP contribution in [0, 0.1) is 5.92 Å². The normalized spacial score (nSPS) is 21.6. The fraction of sp³-hybridized carbons (Fsp3) is 0.917. The largest absolute Gasteiger partial charge is 0.356 e. The summed E-state index contributed by atoms with van der Waals surface area (Å²) in [5.41, 5.74) is 0. The van der Waals surface area contributed by atoms with Crippen molar-refractivity contribution in [2.75, 3.05) is 33.2 Å². The van der Waals surface area contributed by atoms with Gasteiger partial charge in [-0.3, -0.25) is 4.79 Å². The first-order valence-corrected chi connectivity index (χ1v) is 6.28. The zero-order valence-corrected chi connectivity index (χ0v) is 10.8. The molecule has 1 amide bonds. The van der Waals surface area contributed by atoms with Gasteiger partial charge in [0.2, 0.25) is 5.91 Å². The Morgan fingerprint density at radius 1 is 1.50 bits per heavy atom. The molecule has 0 aliphatic carbocycles. The molecule has 1 aliphatic rings. The molecule has 1 atom stereocenters. The van der Waals surface area contributed by atoms with Crippen LogP contribution in [0.1, 0.15) is 26.7 Å². The Morgan fingerprint density at radius 3 is 2.81 bits per heavy atom. The maximum absolute atomic E-state index is 11.4. The van der Waals surface area contributed by atoms with Gasteiger partial charge in [0.1, 0.15) is 0 Å². The van der Waals surface area contributed by atoms with Crippen molar-refractivity contribution < 1.29 is 4.79 Å². The highest BCUT2D eigenvalue weighted by atomic mass is 16.1. The zero-order chi connectivity index (χ0) is 12.0. The van der Waals surface area contributed by atoms with Gasteiger partial charge in [0.15, 0.2) is 0 Å². The van der Waals surface area contributed by atoms with Crippen LogP contribution in [-0.2, 0) is 4.79 Å². The standard InChI is InChI=1S/C12H25N3O/c1-10(2)15-7-5-11(9-15)8-14-12(16)4-6-13-3/h10-11,13H,4-9H2,1-3H3,(H,14,16). The van der Waals surface area contributed by atoms with Crippen LogP contribution >= 0.6 is 0 Å². The number of carbonyl (C=O) groups is 1.